The summed E-state index contributed by atoms with van der Waals surface area (Å²) in [5, 5.41) is 4.37. The van der Waals surface area contributed by atoms with Crippen LogP contribution in [0.15, 0.2) is 18.2 Å². The zero-order chi connectivity index (χ0) is 14.5. The second-order valence-corrected chi connectivity index (χ2v) is 5.80. The summed E-state index contributed by atoms with van der Waals surface area (Å²) in [6.07, 6.45) is 0.347. The first kappa shape index (κ1) is 15.6. The molecule has 0 radical (unpaired) electrons. The van der Waals surface area contributed by atoms with E-state index in [2.05, 4.69) is 5.32 Å². The van der Waals surface area contributed by atoms with E-state index in [1.807, 2.05) is 12.1 Å². The van der Waals surface area contributed by atoms with Crippen LogP contribution >= 0.6 is 23.2 Å². The van der Waals surface area contributed by atoms with Gasteiger partial charge in [0.1, 0.15) is 0 Å². The van der Waals surface area contributed by atoms with Crippen LogP contribution in [0.5, 0.6) is 0 Å². The van der Waals surface area contributed by atoms with Crippen molar-refractivity contribution in [1.29, 1.82) is 0 Å². The minimum absolute atomic E-state index is 0.0401. The van der Waals surface area contributed by atoms with Gasteiger partial charge in [0.25, 0.3) is 0 Å². The molecule has 2 rings (SSSR count). The Labute approximate surface area is 129 Å². The molecule has 1 N–H and O–H groups in total. The fraction of sp³-hybridized carbons (Fsp3) is 0.500. The van der Waals surface area contributed by atoms with Crippen LogP contribution in [0, 0.1) is 0 Å². The summed E-state index contributed by atoms with van der Waals surface area (Å²) in [5.74, 6) is 0.0507. The molecule has 0 saturated carbocycles. The summed E-state index contributed by atoms with van der Waals surface area (Å²) in [5.41, 5.74) is 0.918. The van der Waals surface area contributed by atoms with Gasteiger partial charge in [-0.05, 0) is 23.8 Å². The molecule has 1 fully saturated rings. The largest absolute Gasteiger partial charge is 0.375 e. The fourth-order valence-corrected chi connectivity index (χ4v) is 2.74. The Morgan fingerprint density at radius 2 is 2.10 bits per heavy atom. The van der Waals surface area contributed by atoms with Crippen LogP contribution in [0.3, 0.4) is 0 Å². The lowest BCUT2D eigenvalue weighted by Gasteiger charge is -2.25. The molecule has 1 aliphatic rings. The molecule has 1 amide bonds. The first-order chi connectivity index (χ1) is 9.54. The Kier molecular flexibility index (Phi) is 5.66. The van der Waals surface area contributed by atoms with Crippen molar-refractivity contribution in [3.8, 4) is 0 Å². The first-order valence-corrected chi connectivity index (χ1v) is 7.31. The number of amides is 1. The third-order valence-electron chi connectivity index (χ3n) is 3.17. The molecule has 1 unspecified atom stereocenters. The molecule has 1 aromatic carbocycles. The molecule has 0 aromatic heterocycles. The number of carbonyl (C=O) groups is 1. The number of ether oxygens (including phenoxy) is 1. The third kappa shape index (κ3) is 4.63. The van der Waals surface area contributed by atoms with Gasteiger partial charge in [-0.15, -0.1) is 0 Å². The number of rotatable bonds is 4. The molecule has 1 aliphatic heterocycles. The van der Waals surface area contributed by atoms with Crippen molar-refractivity contribution in [3.05, 3.63) is 33.8 Å². The highest BCUT2D eigenvalue weighted by atomic mass is 35.5. The molecule has 0 bridgehead atoms. The van der Waals surface area contributed by atoms with Gasteiger partial charge in [-0.2, -0.15) is 0 Å². The van der Waals surface area contributed by atoms with E-state index < -0.39 is 0 Å². The van der Waals surface area contributed by atoms with Crippen molar-refractivity contribution in [2.45, 2.75) is 19.1 Å². The second kappa shape index (κ2) is 7.27. The molecule has 110 valence electrons. The van der Waals surface area contributed by atoms with Gasteiger partial charge in [-0.1, -0.05) is 23.2 Å². The highest BCUT2D eigenvalue weighted by Gasteiger charge is 2.19. The summed E-state index contributed by atoms with van der Waals surface area (Å²) in [4.78, 5) is 13.8. The average Bonchev–Trinajstić information content (AvgIpc) is 2.38. The Morgan fingerprint density at radius 3 is 2.70 bits per heavy atom. The molecule has 20 heavy (non-hydrogen) atoms. The SMILES string of the molecule is CN(Cc1cc(Cl)cc(Cl)c1)C(=O)CC1CNCCO1. The van der Waals surface area contributed by atoms with Crippen LogP contribution in [0.25, 0.3) is 0 Å². The van der Waals surface area contributed by atoms with E-state index in [0.717, 1.165) is 18.7 Å². The lowest BCUT2D eigenvalue weighted by molar-refractivity contribution is -0.133. The molecular formula is C14H18Cl2N2O2. The smallest absolute Gasteiger partial charge is 0.225 e. The lowest BCUT2D eigenvalue weighted by Crippen LogP contribution is -2.41. The number of morpholine rings is 1. The molecule has 1 saturated heterocycles. The van der Waals surface area contributed by atoms with Crippen molar-refractivity contribution in [2.75, 3.05) is 26.7 Å². The number of nitrogens with zero attached hydrogens (tertiary/aromatic N) is 1. The minimum Gasteiger partial charge on any atom is -0.375 e. The van der Waals surface area contributed by atoms with Crippen molar-refractivity contribution in [3.63, 3.8) is 0 Å². The topological polar surface area (TPSA) is 41.6 Å². The molecular weight excluding hydrogens is 299 g/mol. The number of carbonyl (C=O) groups excluding carboxylic acids is 1. The maximum absolute atomic E-state index is 12.1. The Balaban J connectivity index is 1.89. The molecule has 0 aliphatic carbocycles. The first-order valence-electron chi connectivity index (χ1n) is 6.56. The van der Waals surface area contributed by atoms with Gasteiger partial charge in [-0.3, -0.25) is 4.79 Å². The molecule has 6 heteroatoms. The fourth-order valence-electron chi connectivity index (χ4n) is 2.17. The molecule has 1 heterocycles. The second-order valence-electron chi connectivity index (χ2n) is 4.93. The Morgan fingerprint density at radius 1 is 1.40 bits per heavy atom. The van der Waals surface area contributed by atoms with E-state index >= 15 is 0 Å². The number of hydrogen-bond acceptors (Lipinski definition) is 3. The van der Waals surface area contributed by atoms with Gasteiger partial charge in [0, 0.05) is 36.7 Å². The van der Waals surface area contributed by atoms with Crippen molar-refractivity contribution < 1.29 is 9.53 Å². The zero-order valence-electron chi connectivity index (χ0n) is 11.4. The summed E-state index contributed by atoms with van der Waals surface area (Å²) in [7, 11) is 1.77. The van der Waals surface area contributed by atoms with Gasteiger partial charge >= 0.3 is 0 Å². The summed E-state index contributed by atoms with van der Waals surface area (Å²) < 4.78 is 5.53. The van der Waals surface area contributed by atoms with Crippen LogP contribution in [0.2, 0.25) is 10.0 Å². The van der Waals surface area contributed by atoms with E-state index in [-0.39, 0.29) is 12.0 Å². The van der Waals surface area contributed by atoms with Crippen LogP contribution in [-0.4, -0.2) is 43.7 Å². The number of nitrogens with one attached hydrogen (secondary N) is 1. The van der Waals surface area contributed by atoms with Gasteiger partial charge in [0.2, 0.25) is 5.91 Å². The standard InChI is InChI=1S/C14H18Cl2N2O2/c1-18(9-10-4-11(15)6-12(16)5-10)14(19)7-13-8-17-2-3-20-13/h4-6,13,17H,2-3,7-9H2,1H3. The predicted octanol–water partition coefficient (Wildman–Crippen LogP) is 2.33. The van der Waals surface area contributed by atoms with Crippen molar-refractivity contribution in [1.82, 2.24) is 10.2 Å². The normalized spacial score (nSPS) is 18.9. The van der Waals surface area contributed by atoms with Gasteiger partial charge in [0.05, 0.1) is 19.1 Å². The zero-order valence-corrected chi connectivity index (χ0v) is 12.9. The summed E-state index contributed by atoms with van der Waals surface area (Å²) >= 11 is 11.9. The monoisotopic (exact) mass is 316 g/mol. The van der Waals surface area contributed by atoms with E-state index in [1.54, 1.807) is 18.0 Å². The minimum atomic E-state index is -0.0401. The van der Waals surface area contributed by atoms with E-state index in [0.29, 0.717) is 29.6 Å². The third-order valence-corrected chi connectivity index (χ3v) is 3.61. The van der Waals surface area contributed by atoms with E-state index in [1.165, 1.54) is 0 Å². The predicted molar refractivity (Wildman–Crippen MR) is 80.2 cm³/mol. The summed E-state index contributed by atoms with van der Waals surface area (Å²) in [6, 6.07) is 5.31. The maximum atomic E-state index is 12.1. The van der Waals surface area contributed by atoms with E-state index in [4.69, 9.17) is 27.9 Å². The van der Waals surface area contributed by atoms with Crippen LogP contribution in [-0.2, 0) is 16.1 Å². The molecule has 1 atom stereocenters. The van der Waals surface area contributed by atoms with Crippen LogP contribution in [0.4, 0.5) is 0 Å². The Bertz CT molecular complexity index is 456. The highest BCUT2D eigenvalue weighted by Crippen LogP contribution is 2.20. The van der Waals surface area contributed by atoms with Crippen molar-refractivity contribution >= 4 is 29.1 Å². The average molecular weight is 317 g/mol. The number of benzene rings is 1. The number of hydrogen-bond donors (Lipinski definition) is 1. The quantitative estimate of drug-likeness (QED) is 0.927. The van der Waals surface area contributed by atoms with Gasteiger partial charge in [0.15, 0.2) is 0 Å². The molecule has 4 nitrogen and oxygen atoms in total. The van der Waals surface area contributed by atoms with Gasteiger partial charge in [-0.25, -0.2) is 0 Å². The number of halogens is 2. The maximum Gasteiger partial charge on any atom is 0.225 e. The van der Waals surface area contributed by atoms with Crippen LogP contribution < -0.4 is 5.32 Å². The summed E-state index contributed by atoms with van der Waals surface area (Å²) in [6.45, 7) is 2.72. The molecule has 1 aromatic rings. The van der Waals surface area contributed by atoms with E-state index in [9.17, 15) is 4.79 Å². The van der Waals surface area contributed by atoms with Gasteiger partial charge < -0.3 is 15.0 Å². The molecule has 0 spiro atoms. The van der Waals surface area contributed by atoms with Crippen LogP contribution in [0.1, 0.15) is 12.0 Å². The lowest BCUT2D eigenvalue weighted by atomic mass is 10.1. The van der Waals surface area contributed by atoms with Crippen molar-refractivity contribution in [2.24, 2.45) is 0 Å². The Hall–Kier alpha value is -0.810. The highest BCUT2D eigenvalue weighted by molar-refractivity contribution is 6.34.